The third-order valence-corrected chi connectivity index (χ3v) is 3.15. The van der Waals surface area contributed by atoms with E-state index in [2.05, 4.69) is 9.97 Å². The predicted octanol–water partition coefficient (Wildman–Crippen LogP) is 1.71. The van der Waals surface area contributed by atoms with E-state index in [1.807, 2.05) is 24.8 Å². The van der Waals surface area contributed by atoms with E-state index in [0.717, 1.165) is 37.3 Å². The Morgan fingerprint density at radius 3 is 3.06 bits per heavy atom. The van der Waals surface area contributed by atoms with Crippen molar-refractivity contribution in [1.29, 1.82) is 0 Å². The molecule has 1 aliphatic rings. The maximum Gasteiger partial charge on any atom is 0.328 e. The van der Waals surface area contributed by atoms with E-state index in [9.17, 15) is 4.79 Å². The molecular formula is C13H19N3O2. The summed E-state index contributed by atoms with van der Waals surface area (Å²) in [4.78, 5) is 22.3. The lowest BCUT2D eigenvalue weighted by Gasteiger charge is -2.34. The molecule has 1 saturated heterocycles. The van der Waals surface area contributed by atoms with Crippen LogP contribution in [0.3, 0.4) is 0 Å². The molecule has 1 fully saturated rings. The van der Waals surface area contributed by atoms with Gasteiger partial charge in [-0.15, -0.1) is 0 Å². The number of hydrogen-bond donors (Lipinski definition) is 0. The summed E-state index contributed by atoms with van der Waals surface area (Å²) in [5.74, 6) is 0.675. The molecule has 0 aromatic carbocycles. The fourth-order valence-electron chi connectivity index (χ4n) is 2.29. The van der Waals surface area contributed by atoms with Crippen LogP contribution in [0.15, 0.2) is 12.4 Å². The number of esters is 1. The number of carbonyl (C=O) groups excluding carboxylic acids is 1. The Kier molecular flexibility index (Phi) is 4.12. The van der Waals surface area contributed by atoms with Gasteiger partial charge in [0.25, 0.3) is 0 Å². The Labute approximate surface area is 107 Å². The topological polar surface area (TPSA) is 55.3 Å². The molecule has 1 aromatic rings. The summed E-state index contributed by atoms with van der Waals surface area (Å²) in [6.45, 7) is 5.03. The van der Waals surface area contributed by atoms with Crippen molar-refractivity contribution < 1.29 is 9.53 Å². The lowest BCUT2D eigenvalue weighted by atomic mass is 10.0. The summed E-state index contributed by atoms with van der Waals surface area (Å²) in [6, 6.07) is 1.71. The summed E-state index contributed by atoms with van der Waals surface area (Å²) >= 11 is 0. The van der Waals surface area contributed by atoms with Crippen molar-refractivity contribution in [3.63, 3.8) is 0 Å². The number of carbonyl (C=O) groups is 1. The zero-order valence-corrected chi connectivity index (χ0v) is 10.9. The molecule has 18 heavy (non-hydrogen) atoms. The van der Waals surface area contributed by atoms with Gasteiger partial charge in [-0.25, -0.2) is 14.8 Å². The van der Waals surface area contributed by atoms with Crippen molar-refractivity contribution in [2.75, 3.05) is 18.1 Å². The number of nitrogens with zero attached hydrogens (tertiary/aromatic N) is 3. The maximum absolute atomic E-state index is 12.0. The van der Waals surface area contributed by atoms with Crippen molar-refractivity contribution >= 4 is 11.8 Å². The standard InChI is InChI=1S/C13H19N3O2/c1-3-18-13(17)11-6-4-5-7-16(11)12-8-10(2)14-9-15-12/h8-9,11H,3-7H2,1-2H3. The minimum absolute atomic E-state index is 0.145. The molecule has 0 bridgehead atoms. The quantitative estimate of drug-likeness (QED) is 0.763. The van der Waals surface area contributed by atoms with Gasteiger partial charge in [-0.05, 0) is 33.1 Å². The van der Waals surface area contributed by atoms with Crippen LogP contribution in [0.25, 0.3) is 0 Å². The Hall–Kier alpha value is -1.65. The smallest absolute Gasteiger partial charge is 0.328 e. The molecule has 98 valence electrons. The van der Waals surface area contributed by atoms with E-state index in [1.54, 1.807) is 6.33 Å². The summed E-state index contributed by atoms with van der Waals surface area (Å²) in [5.41, 5.74) is 0.910. The number of aryl methyl sites for hydroxylation is 1. The monoisotopic (exact) mass is 249 g/mol. The average Bonchev–Trinajstić information content (AvgIpc) is 2.39. The maximum atomic E-state index is 12.0. The lowest BCUT2D eigenvalue weighted by molar-refractivity contribution is -0.145. The van der Waals surface area contributed by atoms with Gasteiger partial charge in [0.2, 0.25) is 0 Å². The normalized spacial score (nSPS) is 19.7. The van der Waals surface area contributed by atoms with Crippen LogP contribution in [-0.2, 0) is 9.53 Å². The van der Waals surface area contributed by atoms with Crippen LogP contribution in [0.4, 0.5) is 5.82 Å². The highest BCUT2D eigenvalue weighted by Gasteiger charge is 2.30. The fourth-order valence-corrected chi connectivity index (χ4v) is 2.29. The third-order valence-electron chi connectivity index (χ3n) is 3.15. The van der Waals surface area contributed by atoms with Gasteiger partial charge in [0, 0.05) is 18.3 Å². The summed E-state index contributed by atoms with van der Waals surface area (Å²) < 4.78 is 5.14. The van der Waals surface area contributed by atoms with Crippen LogP contribution in [0.1, 0.15) is 31.9 Å². The molecule has 2 heterocycles. The molecule has 0 saturated carbocycles. The third kappa shape index (κ3) is 2.78. The Morgan fingerprint density at radius 2 is 2.33 bits per heavy atom. The van der Waals surface area contributed by atoms with E-state index in [-0.39, 0.29) is 12.0 Å². The van der Waals surface area contributed by atoms with E-state index in [0.29, 0.717) is 6.61 Å². The van der Waals surface area contributed by atoms with E-state index in [1.165, 1.54) is 0 Å². The minimum Gasteiger partial charge on any atom is -0.464 e. The van der Waals surface area contributed by atoms with Crippen LogP contribution in [0.2, 0.25) is 0 Å². The average molecular weight is 249 g/mol. The minimum atomic E-state index is -0.201. The first-order valence-corrected chi connectivity index (χ1v) is 6.44. The summed E-state index contributed by atoms with van der Waals surface area (Å²) in [7, 11) is 0. The molecule has 5 heteroatoms. The first kappa shape index (κ1) is 12.8. The molecule has 0 N–H and O–H groups in total. The molecule has 5 nitrogen and oxygen atoms in total. The Bertz CT molecular complexity index is 422. The highest BCUT2D eigenvalue weighted by molar-refractivity contribution is 5.79. The zero-order valence-electron chi connectivity index (χ0n) is 10.9. The van der Waals surface area contributed by atoms with E-state index in [4.69, 9.17) is 4.74 Å². The van der Waals surface area contributed by atoms with Crippen LogP contribution in [0, 0.1) is 6.92 Å². The number of ether oxygens (including phenoxy) is 1. The van der Waals surface area contributed by atoms with E-state index < -0.39 is 0 Å². The van der Waals surface area contributed by atoms with Crippen LogP contribution < -0.4 is 4.90 Å². The molecule has 0 amide bonds. The summed E-state index contributed by atoms with van der Waals surface area (Å²) in [6.07, 6.45) is 4.52. The second-order valence-electron chi connectivity index (χ2n) is 4.47. The Morgan fingerprint density at radius 1 is 1.50 bits per heavy atom. The molecule has 1 aromatic heterocycles. The molecule has 0 aliphatic carbocycles. The van der Waals surface area contributed by atoms with Crippen molar-refractivity contribution in [1.82, 2.24) is 9.97 Å². The first-order valence-electron chi connectivity index (χ1n) is 6.44. The molecule has 0 spiro atoms. The predicted molar refractivity (Wildman–Crippen MR) is 68.4 cm³/mol. The van der Waals surface area contributed by atoms with Gasteiger partial charge in [0.1, 0.15) is 18.2 Å². The van der Waals surface area contributed by atoms with Crippen molar-refractivity contribution in [3.8, 4) is 0 Å². The van der Waals surface area contributed by atoms with Gasteiger partial charge in [-0.1, -0.05) is 0 Å². The van der Waals surface area contributed by atoms with Gasteiger partial charge >= 0.3 is 5.97 Å². The zero-order chi connectivity index (χ0) is 13.0. The molecule has 1 unspecified atom stereocenters. The fraction of sp³-hybridized carbons (Fsp3) is 0.615. The van der Waals surface area contributed by atoms with Gasteiger partial charge in [-0.2, -0.15) is 0 Å². The Balaban J connectivity index is 2.20. The molecule has 1 atom stereocenters. The van der Waals surface area contributed by atoms with Crippen molar-refractivity contribution in [3.05, 3.63) is 18.1 Å². The van der Waals surface area contributed by atoms with Crippen molar-refractivity contribution in [2.24, 2.45) is 0 Å². The largest absolute Gasteiger partial charge is 0.464 e. The molecule has 2 rings (SSSR count). The lowest BCUT2D eigenvalue weighted by Crippen LogP contribution is -2.46. The second-order valence-corrected chi connectivity index (χ2v) is 4.47. The van der Waals surface area contributed by atoms with Crippen molar-refractivity contribution in [2.45, 2.75) is 39.2 Å². The molecule has 0 radical (unpaired) electrons. The van der Waals surface area contributed by atoms with Gasteiger partial charge in [0.05, 0.1) is 6.61 Å². The number of hydrogen-bond acceptors (Lipinski definition) is 5. The number of piperidine rings is 1. The SMILES string of the molecule is CCOC(=O)C1CCCCN1c1cc(C)ncn1. The van der Waals surface area contributed by atoms with Crippen LogP contribution >= 0.6 is 0 Å². The second kappa shape index (κ2) is 5.80. The van der Waals surface area contributed by atoms with Gasteiger partial charge in [0.15, 0.2) is 0 Å². The molecule has 1 aliphatic heterocycles. The van der Waals surface area contributed by atoms with Crippen LogP contribution in [-0.4, -0.2) is 35.1 Å². The van der Waals surface area contributed by atoms with Gasteiger partial charge < -0.3 is 9.64 Å². The molecular weight excluding hydrogens is 230 g/mol. The number of aromatic nitrogens is 2. The van der Waals surface area contributed by atoms with Gasteiger partial charge in [-0.3, -0.25) is 0 Å². The van der Waals surface area contributed by atoms with Crippen LogP contribution in [0.5, 0.6) is 0 Å². The number of anilines is 1. The first-order chi connectivity index (χ1) is 8.72. The number of rotatable bonds is 3. The highest BCUT2D eigenvalue weighted by atomic mass is 16.5. The van der Waals surface area contributed by atoms with E-state index >= 15 is 0 Å². The summed E-state index contributed by atoms with van der Waals surface area (Å²) in [5, 5.41) is 0. The highest BCUT2D eigenvalue weighted by Crippen LogP contribution is 2.23.